The van der Waals surface area contributed by atoms with Crippen LogP contribution in [0.25, 0.3) is 11.7 Å². The first kappa shape index (κ1) is 20.0. The Bertz CT molecular complexity index is 1000. The van der Waals surface area contributed by atoms with Crippen LogP contribution in [0.1, 0.15) is 63.4 Å². The molecule has 2 aromatic rings. The van der Waals surface area contributed by atoms with Gasteiger partial charge in [-0.3, -0.25) is 14.2 Å². The molecule has 0 spiro atoms. The summed E-state index contributed by atoms with van der Waals surface area (Å²) in [6.07, 6.45) is 5.55. The van der Waals surface area contributed by atoms with Crippen LogP contribution in [0.3, 0.4) is 0 Å². The predicted octanol–water partition coefficient (Wildman–Crippen LogP) is 2.39. The third-order valence-electron chi connectivity index (χ3n) is 4.50. The first-order valence-electron chi connectivity index (χ1n) is 9.63. The van der Waals surface area contributed by atoms with E-state index < -0.39 is 11.5 Å². The van der Waals surface area contributed by atoms with Crippen LogP contribution in [0.2, 0.25) is 0 Å². The van der Waals surface area contributed by atoms with Gasteiger partial charge in [-0.1, -0.05) is 46.8 Å². The zero-order valence-electron chi connectivity index (χ0n) is 17.1. The van der Waals surface area contributed by atoms with Crippen molar-refractivity contribution >= 4 is 23.4 Å². The number of nitrogens with two attached hydrogens (primary N) is 1. The highest BCUT2D eigenvalue weighted by Crippen LogP contribution is 2.28. The molecule has 3 rings (SSSR count). The molecule has 0 aliphatic heterocycles. The van der Waals surface area contributed by atoms with Crippen molar-refractivity contribution in [2.75, 3.05) is 5.73 Å². The standard InChI is InChI=1S/C20H29N5O3/c1-11(2)10-24-17-13(8-9-20(3,4)5)15(21)23-25(17)19(28)14(18(24)27)16(26)22-12-6-7-12/h8-9,11-12,27H,6-7,10H2,1-5H3,(H2,21,23)(H,22,26)/b9-8+. The third-order valence-corrected chi connectivity index (χ3v) is 4.50. The molecule has 0 bridgehead atoms. The van der Waals surface area contributed by atoms with Crippen LogP contribution in [0.4, 0.5) is 5.82 Å². The normalized spacial score (nSPS) is 15.1. The van der Waals surface area contributed by atoms with Gasteiger partial charge < -0.3 is 16.2 Å². The number of hydrogen-bond donors (Lipinski definition) is 3. The molecule has 1 aliphatic rings. The fourth-order valence-corrected chi connectivity index (χ4v) is 2.99. The van der Waals surface area contributed by atoms with Crippen molar-refractivity contribution in [2.24, 2.45) is 11.3 Å². The first-order chi connectivity index (χ1) is 13.0. The number of fused-ring (bicyclic) bond motifs is 1. The largest absolute Gasteiger partial charge is 0.494 e. The Labute approximate surface area is 164 Å². The lowest BCUT2D eigenvalue weighted by atomic mass is 9.95. The number of carbonyl (C=O) groups is 1. The summed E-state index contributed by atoms with van der Waals surface area (Å²) in [5.41, 5.74) is 5.97. The average molecular weight is 387 g/mol. The molecule has 8 heteroatoms. The molecule has 0 atom stereocenters. The Morgan fingerprint density at radius 1 is 1.39 bits per heavy atom. The molecular weight excluding hydrogens is 358 g/mol. The van der Waals surface area contributed by atoms with Gasteiger partial charge >= 0.3 is 0 Å². The average Bonchev–Trinajstić information content (AvgIpc) is 3.30. The molecule has 1 saturated carbocycles. The van der Waals surface area contributed by atoms with Gasteiger partial charge in [-0.15, -0.1) is 5.10 Å². The van der Waals surface area contributed by atoms with Crippen molar-refractivity contribution in [3.8, 4) is 5.88 Å². The lowest BCUT2D eigenvalue weighted by Gasteiger charge is -2.17. The number of nitrogens with one attached hydrogen (secondary N) is 1. The van der Waals surface area contributed by atoms with Crippen molar-refractivity contribution in [1.29, 1.82) is 0 Å². The van der Waals surface area contributed by atoms with Gasteiger partial charge in [0.25, 0.3) is 11.5 Å². The van der Waals surface area contributed by atoms with Crippen LogP contribution < -0.4 is 16.6 Å². The smallest absolute Gasteiger partial charge is 0.291 e. The number of rotatable bonds is 5. The Morgan fingerprint density at radius 2 is 2.04 bits per heavy atom. The van der Waals surface area contributed by atoms with Crippen LogP contribution in [-0.2, 0) is 6.54 Å². The zero-order valence-corrected chi connectivity index (χ0v) is 17.1. The highest BCUT2D eigenvalue weighted by Gasteiger charge is 2.30. The Balaban J connectivity index is 2.28. The van der Waals surface area contributed by atoms with Crippen LogP contribution in [-0.4, -0.2) is 31.2 Å². The summed E-state index contributed by atoms with van der Waals surface area (Å²) >= 11 is 0. The number of nitrogens with zero attached hydrogens (tertiary/aromatic N) is 3. The van der Waals surface area contributed by atoms with E-state index in [0.29, 0.717) is 17.8 Å². The molecule has 2 aromatic heterocycles. The van der Waals surface area contributed by atoms with Gasteiger partial charge in [-0.25, -0.2) is 0 Å². The van der Waals surface area contributed by atoms with Crippen LogP contribution in [0.15, 0.2) is 10.9 Å². The maximum atomic E-state index is 13.0. The minimum absolute atomic E-state index is 0.0634. The van der Waals surface area contributed by atoms with Crippen molar-refractivity contribution in [2.45, 2.75) is 60.0 Å². The molecule has 152 valence electrons. The molecule has 0 saturated heterocycles. The Morgan fingerprint density at radius 3 is 2.57 bits per heavy atom. The minimum Gasteiger partial charge on any atom is -0.494 e. The van der Waals surface area contributed by atoms with E-state index in [1.165, 1.54) is 0 Å². The van der Waals surface area contributed by atoms with Crippen LogP contribution in [0.5, 0.6) is 5.88 Å². The summed E-state index contributed by atoms with van der Waals surface area (Å²) < 4.78 is 2.68. The second-order valence-electron chi connectivity index (χ2n) is 8.99. The summed E-state index contributed by atoms with van der Waals surface area (Å²) in [7, 11) is 0. The van der Waals surface area contributed by atoms with E-state index in [1.807, 2.05) is 46.8 Å². The van der Waals surface area contributed by atoms with Crippen LogP contribution in [0, 0.1) is 11.3 Å². The van der Waals surface area contributed by atoms with Gasteiger partial charge in [0, 0.05) is 12.6 Å². The first-order valence-corrected chi connectivity index (χ1v) is 9.63. The summed E-state index contributed by atoms with van der Waals surface area (Å²) in [4.78, 5) is 25.6. The van der Waals surface area contributed by atoms with Crippen molar-refractivity contribution < 1.29 is 9.90 Å². The van der Waals surface area contributed by atoms with Crippen molar-refractivity contribution in [3.05, 3.63) is 27.6 Å². The van der Waals surface area contributed by atoms with E-state index in [2.05, 4.69) is 10.4 Å². The monoisotopic (exact) mass is 387 g/mol. The summed E-state index contributed by atoms with van der Waals surface area (Å²) in [5.74, 6) is -0.596. The fraction of sp³-hybridized carbons (Fsp3) is 0.550. The van der Waals surface area contributed by atoms with E-state index in [4.69, 9.17) is 5.73 Å². The van der Waals surface area contributed by atoms with Gasteiger partial charge in [0.15, 0.2) is 17.0 Å². The molecule has 4 N–H and O–H groups in total. The van der Waals surface area contributed by atoms with E-state index in [-0.39, 0.29) is 34.6 Å². The number of carbonyl (C=O) groups excluding carboxylic acids is 1. The van der Waals surface area contributed by atoms with Gasteiger partial charge in [0.2, 0.25) is 5.88 Å². The maximum absolute atomic E-state index is 13.0. The molecular formula is C20H29N5O3. The molecule has 8 nitrogen and oxygen atoms in total. The molecule has 0 radical (unpaired) electrons. The number of anilines is 1. The van der Waals surface area contributed by atoms with E-state index >= 15 is 0 Å². The van der Waals surface area contributed by atoms with Crippen LogP contribution >= 0.6 is 0 Å². The quantitative estimate of drug-likeness (QED) is 0.729. The lowest BCUT2D eigenvalue weighted by molar-refractivity contribution is 0.0944. The molecule has 0 aromatic carbocycles. The second kappa shape index (κ2) is 7.00. The molecule has 28 heavy (non-hydrogen) atoms. The molecule has 1 amide bonds. The fourth-order valence-electron chi connectivity index (χ4n) is 2.99. The van der Waals surface area contributed by atoms with Crippen molar-refractivity contribution in [3.63, 3.8) is 0 Å². The maximum Gasteiger partial charge on any atom is 0.291 e. The highest BCUT2D eigenvalue weighted by molar-refractivity contribution is 5.97. The molecule has 1 aliphatic carbocycles. The lowest BCUT2D eigenvalue weighted by Crippen LogP contribution is -2.34. The number of amides is 1. The van der Waals surface area contributed by atoms with Gasteiger partial charge in [0.05, 0.1) is 5.56 Å². The minimum atomic E-state index is -0.673. The van der Waals surface area contributed by atoms with Gasteiger partial charge in [-0.05, 0) is 24.2 Å². The summed E-state index contributed by atoms with van der Waals surface area (Å²) in [6.45, 7) is 10.5. The number of allylic oxidation sites excluding steroid dienone is 1. The predicted molar refractivity (Wildman–Crippen MR) is 109 cm³/mol. The number of aromatic nitrogens is 3. The third kappa shape index (κ3) is 3.90. The number of aromatic hydroxyl groups is 1. The Hall–Kier alpha value is -2.77. The van der Waals surface area contributed by atoms with E-state index in [1.54, 1.807) is 4.57 Å². The van der Waals surface area contributed by atoms with E-state index in [0.717, 1.165) is 17.4 Å². The van der Waals surface area contributed by atoms with Gasteiger partial charge in [0.1, 0.15) is 0 Å². The summed E-state index contributed by atoms with van der Waals surface area (Å²) in [5, 5.41) is 17.8. The van der Waals surface area contributed by atoms with Gasteiger partial charge in [-0.2, -0.15) is 4.52 Å². The van der Waals surface area contributed by atoms with Crippen molar-refractivity contribution in [1.82, 2.24) is 19.5 Å². The Kier molecular flexibility index (Phi) is 4.99. The number of hydrogen-bond acceptors (Lipinski definition) is 5. The molecule has 0 unspecified atom stereocenters. The highest BCUT2D eigenvalue weighted by atomic mass is 16.3. The number of nitrogen functional groups attached to an aromatic ring is 1. The summed E-state index contributed by atoms with van der Waals surface area (Å²) in [6, 6.07) is 0.0634. The van der Waals surface area contributed by atoms with E-state index in [9.17, 15) is 14.7 Å². The SMILES string of the molecule is CC(C)Cn1c(O)c(C(=O)NC2CC2)c(=O)n2nc(N)c(/C=C/C(C)(C)C)c12. The zero-order chi connectivity index (χ0) is 20.8. The molecule has 2 heterocycles. The topological polar surface area (TPSA) is 115 Å². The molecule has 1 fully saturated rings. The second-order valence-corrected chi connectivity index (χ2v) is 8.99.